The molecule has 7 heteroatoms. The van der Waals surface area contributed by atoms with Gasteiger partial charge in [-0.1, -0.05) is 27.7 Å². The van der Waals surface area contributed by atoms with E-state index in [1.54, 1.807) is 4.90 Å². The third-order valence-electron chi connectivity index (χ3n) is 3.35. The van der Waals surface area contributed by atoms with Crippen LogP contribution >= 0.6 is 11.8 Å². The summed E-state index contributed by atoms with van der Waals surface area (Å²) in [6.07, 6.45) is 1.34. The van der Waals surface area contributed by atoms with Crippen molar-refractivity contribution in [1.82, 2.24) is 10.2 Å². The van der Waals surface area contributed by atoms with Crippen LogP contribution in [-0.2, 0) is 4.79 Å². The summed E-state index contributed by atoms with van der Waals surface area (Å²) < 4.78 is 36.7. The fourth-order valence-corrected chi connectivity index (χ4v) is 3.07. The summed E-state index contributed by atoms with van der Waals surface area (Å²) in [5.74, 6) is 0.582. The van der Waals surface area contributed by atoms with E-state index < -0.39 is 5.51 Å². The molecule has 1 amide bonds. The van der Waals surface area contributed by atoms with Crippen LogP contribution in [-0.4, -0.2) is 40.8 Å². The van der Waals surface area contributed by atoms with Gasteiger partial charge in [-0.2, -0.15) is 13.2 Å². The molecule has 0 saturated carbocycles. The molecule has 0 aliphatic carbocycles. The zero-order valence-corrected chi connectivity index (χ0v) is 13.9. The number of alkyl halides is 3. The van der Waals surface area contributed by atoms with Gasteiger partial charge in [-0.15, -0.1) is 0 Å². The molecule has 1 aliphatic heterocycles. The molecule has 0 aromatic rings. The molecule has 2 atom stereocenters. The molecule has 0 bridgehead atoms. The number of carbonyl (C=O) groups excluding carboxylic acids is 1. The van der Waals surface area contributed by atoms with Gasteiger partial charge in [0.2, 0.25) is 5.91 Å². The van der Waals surface area contributed by atoms with Crippen molar-refractivity contribution in [3.05, 3.63) is 0 Å². The smallest absolute Gasteiger partial charge is 0.325 e. The molecule has 1 N–H and O–H groups in total. The average Bonchev–Trinajstić information content (AvgIpc) is 2.54. The number of hydrogen-bond acceptors (Lipinski definition) is 3. The Kier molecular flexibility index (Phi) is 6.84. The second-order valence-corrected chi connectivity index (χ2v) is 7.48. The summed E-state index contributed by atoms with van der Waals surface area (Å²) in [6, 6.07) is -0.260. The lowest BCUT2D eigenvalue weighted by Gasteiger charge is -2.25. The lowest BCUT2D eigenvalue weighted by Crippen LogP contribution is -2.40. The number of amides is 1. The maximum Gasteiger partial charge on any atom is 0.441 e. The summed E-state index contributed by atoms with van der Waals surface area (Å²) in [4.78, 5) is 14.0. The minimum Gasteiger partial charge on any atom is -0.325 e. The van der Waals surface area contributed by atoms with E-state index in [2.05, 4.69) is 5.32 Å². The highest BCUT2D eigenvalue weighted by molar-refractivity contribution is 8.00. The Labute approximate surface area is 129 Å². The van der Waals surface area contributed by atoms with Crippen molar-refractivity contribution in [2.24, 2.45) is 11.8 Å². The molecule has 1 heterocycles. The maximum atomic E-state index is 12.4. The molecular weight excluding hydrogens is 301 g/mol. The van der Waals surface area contributed by atoms with E-state index in [1.807, 2.05) is 27.7 Å². The summed E-state index contributed by atoms with van der Waals surface area (Å²) in [6.45, 7) is 8.31. The molecule has 1 saturated heterocycles. The van der Waals surface area contributed by atoms with Crippen molar-refractivity contribution in [3.63, 3.8) is 0 Å². The Morgan fingerprint density at radius 2 is 1.76 bits per heavy atom. The van der Waals surface area contributed by atoms with Crippen LogP contribution in [0.5, 0.6) is 0 Å². The van der Waals surface area contributed by atoms with Gasteiger partial charge in [-0.25, -0.2) is 0 Å². The minimum absolute atomic E-state index is 0.0582. The van der Waals surface area contributed by atoms with Crippen LogP contribution in [0, 0.1) is 11.8 Å². The van der Waals surface area contributed by atoms with Crippen LogP contribution in [0.1, 0.15) is 40.5 Å². The van der Waals surface area contributed by atoms with Gasteiger partial charge in [0.15, 0.2) is 0 Å². The maximum absolute atomic E-state index is 12.4. The SMILES string of the molecule is CC(C)CC1NC(CC(C)C)N(CCSC(F)(F)F)C1=O. The van der Waals surface area contributed by atoms with Crippen molar-refractivity contribution in [1.29, 1.82) is 0 Å². The van der Waals surface area contributed by atoms with E-state index in [4.69, 9.17) is 0 Å². The lowest BCUT2D eigenvalue weighted by molar-refractivity contribution is -0.130. The van der Waals surface area contributed by atoms with E-state index in [0.717, 1.165) is 12.8 Å². The molecule has 0 aromatic heterocycles. The lowest BCUT2D eigenvalue weighted by atomic mass is 10.0. The predicted octanol–water partition coefficient (Wildman–Crippen LogP) is 3.46. The molecule has 2 unspecified atom stereocenters. The Balaban J connectivity index is 2.64. The highest BCUT2D eigenvalue weighted by Gasteiger charge is 2.39. The highest BCUT2D eigenvalue weighted by atomic mass is 32.2. The van der Waals surface area contributed by atoms with E-state index in [1.165, 1.54) is 0 Å². The van der Waals surface area contributed by atoms with Gasteiger partial charge >= 0.3 is 5.51 Å². The van der Waals surface area contributed by atoms with Crippen molar-refractivity contribution < 1.29 is 18.0 Å². The molecule has 1 aliphatic rings. The van der Waals surface area contributed by atoms with Gasteiger partial charge < -0.3 is 4.90 Å². The van der Waals surface area contributed by atoms with Gasteiger partial charge in [-0.3, -0.25) is 10.1 Å². The van der Waals surface area contributed by atoms with Gasteiger partial charge in [0.05, 0.1) is 12.2 Å². The number of rotatable bonds is 7. The van der Waals surface area contributed by atoms with Crippen molar-refractivity contribution in [3.8, 4) is 0 Å². The first-order valence-corrected chi connectivity index (χ1v) is 8.36. The molecule has 0 spiro atoms. The van der Waals surface area contributed by atoms with Gasteiger partial charge in [0.1, 0.15) is 0 Å². The molecule has 0 aromatic carbocycles. The van der Waals surface area contributed by atoms with Crippen LogP contribution in [0.25, 0.3) is 0 Å². The molecule has 124 valence electrons. The number of thioether (sulfide) groups is 1. The van der Waals surface area contributed by atoms with E-state index >= 15 is 0 Å². The zero-order valence-electron chi connectivity index (χ0n) is 13.0. The largest absolute Gasteiger partial charge is 0.441 e. The van der Waals surface area contributed by atoms with Crippen molar-refractivity contribution in [2.45, 2.75) is 58.3 Å². The Hall–Kier alpha value is -0.430. The zero-order chi connectivity index (χ0) is 16.2. The fourth-order valence-electron chi connectivity index (χ4n) is 2.56. The van der Waals surface area contributed by atoms with Crippen LogP contribution in [0.2, 0.25) is 0 Å². The van der Waals surface area contributed by atoms with Crippen molar-refractivity contribution in [2.75, 3.05) is 12.3 Å². The average molecular weight is 326 g/mol. The number of halogens is 3. The summed E-state index contributed by atoms with van der Waals surface area (Å²) in [5, 5.41) is 3.29. The van der Waals surface area contributed by atoms with Gasteiger partial charge in [0.25, 0.3) is 0 Å². The van der Waals surface area contributed by atoms with Gasteiger partial charge in [-0.05, 0) is 36.4 Å². The first-order valence-electron chi connectivity index (χ1n) is 7.37. The first kappa shape index (κ1) is 18.6. The van der Waals surface area contributed by atoms with Crippen LogP contribution in [0.4, 0.5) is 13.2 Å². The van der Waals surface area contributed by atoms with Crippen LogP contribution in [0.3, 0.4) is 0 Å². The second kappa shape index (κ2) is 7.72. The van der Waals surface area contributed by atoms with E-state index in [0.29, 0.717) is 11.8 Å². The molecule has 0 radical (unpaired) electrons. The van der Waals surface area contributed by atoms with Crippen LogP contribution < -0.4 is 5.32 Å². The Bertz CT molecular complexity index is 348. The standard InChI is InChI=1S/C14H25F3N2OS/c1-9(2)7-11-13(20)19(5-6-21-14(15,16)17)12(18-11)8-10(3)4/h9-12,18H,5-8H2,1-4H3. The summed E-state index contributed by atoms with van der Waals surface area (Å²) >= 11 is -0.0632. The monoisotopic (exact) mass is 326 g/mol. The summed E-state index contributed by atoms with van der Waals surface area (Å²) in [5.41, 5.74) is -4.24. The molecule has 3 nitrogen and oxygen atoms in total. The highest BCUT2D eigenvalue weighted by Crippen LogP contribution is 2.30. The predicted molar refractivity (Wildman–Crippen MR) is 79.8 cm³/mol. The van der Waals surface area contributed by atoms with Crippen LogP contribution in [0.15, 0.2) is 0 Å². The van der Waals surface area contributed by atoms with Crippen molar-refractivity contribution >= 4 is 17.7 Å². The quantitative estimate of drug-likeness (QED) is 0.778. The number of nitrogens with zero attached hydrogens (tertiary/aromatic N) is 1. The summed E-state index contributed by atoms with van der Waals surface area (Å²) in [7, 11) is 0. The first-order chi connectivity index (χ1) is 9.60. The number of carbonyl (C=O) groups is 1. The molecule has 1 rings (SSSR count). The van der Waals surface area contributed by atoms with E-state index in [-0.39, 0.29) is 42.2 Å². The number of hydrogen-bond donors (Lipinski definition) is 1. The topological polar surface area (TPSA) is 32.3 Å². The van der Waals surface area contributed by atoms with E-state index in [9.17, 15) is 18.0 Å². The Morgan fingerprint density at radius 1 is 1.19 bits per heavy atom. The molecule has 21 heavy (non-hydrogen) atoms. The van der Waals surface area contributed by atoms with Gasteiger partial charge in [0, 0.05) is 12.3 Å². The third kappa shape index (κ3) is 6.46. The Morgan fingerprint density at radius 3 is 2.24 bits per heavy atom. The normalized spacial score (nSPS) is 23.7. The molecular formula is C14H25F3N2OS. The second-order valence-electron chi connectivity index (χ2n) is 6.32. The third-order valence-corrected chi connectivity index (χ3v) is 4.06. The fraction of sp³-hybridized carbons (Fsp3) is 0.929. The molecule has 1 fully saturated rings. The number of nitrogens with one attached hydrogen (secondary N) is 1. The minimum atomic E-state index is -4.24.